The Hall–Kier alpha value is -3.00. The van der Waals surface area contributed by atoms with E-state index in [-0.39, 0.29) is 5.91 Å². The number of carbonyl (C=O) groups excluding carboxylic acids is 1. The van der Waals surface area contributed by atoms with Crippen LogP contribution in [0.4, 0.5) is 11.6 Å². The Morgan fingerprint density at radius 2 is 2.08 bits per heavy atom. The number of nitrogens with zero attached hydrogens (tertiary/aromatic N) is 5. The van der Waals surface area contributed by atoms with Crippen LogP contribution in [0.2, 0.25) is 0 Å². The zero-order valence-electron chi connectivity index (χ0n) is 13.8. The number of carbonyl (C=O) groups is 1. The van der Waals surface area contributed by atoms with Gasteiger partial charge in [0.2, 0.25) is 0 Å². The van der Waals surface area contributed by atoms with Crippen molar-refractivity contribution in [2.24, 2.45) is 0 Å². The van der Waals surface area contributed by atoms with Crippen LogP contribution in [0, 0.1) is 6.92 Å². The number of pyridine rings is 1. The number of fused-ring (bicyclic) bond motifs is 1. The van der Waals surface area contributed by atoms with Gasteiger partial charge in [-0.2, -0.15) is 0 Å². The summed E-state index contributed by atoms with van der Waals surface area (Å²) in [5, 5.41) is 2.85. The van der Waals surface area contributed by atoms with E-state index in [9.17, 15) is 4.79 Å². The fourth-order valence-corrected chi connectivity index (χ4v) is 2.94. The minimum atomic E-state index is -0.247. The Balaban J connectivity index is 1.59. The van der Waals surface area contributed by atoms with Crippen LogP contribution in [0.15, 0.2) is 36.8 Å². The van der Waals surface area contributed by atoms with Crippen molar-refractivity contribution in [3.63, 3.8) is 0 Å². The molecule has 1 fully saturated rings. The number of nitrogens with one attached hydrogen (secondary N) is 1. The molecule has 3 aromatic heterocycles. The first-order chi connectivity index (χ1) is 12.2. The quantitative estimate of drug-likeness (QED) is 0.779. The van der Waals surface area contributed by atoms with Crippen LogP contribution in [0.5, 0.6) is 0 Å². The summed E-state index contributed by atoms with van der Waals surface area (Å²) in [6, 6.07) is 7.40. The van der Waals surface area contributed by atoms with Gasteiger partial charge in [0.1, 0.15) is 29.3 Å². The van der Waals surface area contributed by atoms with Crippen molar-refractivity contribution < 1.29 is 9.53 Å². The highest BCUT2D eigenvalue weighted by molar-refractivity contribution is 6.04. The lowest BCUT2D eigenvalue weighted by molar-refractivity contribution is 0.102. The summed E-state index contributed by atoms with van der Waals surface area (Å²) in [5.74, 6) is 0.998. The number of anilines is 2. The molecule has 1 amide bonds. The third kappa shape index (κ3) is 3.03. The molecular weight excluding hydrogens is 320 g/mol. The summed E-state index contributed by atoms with van der Waals surface area (Å²) >= 11 is 0. The van der Waals surface area contributed by atoms with E-state index in [0.29, 0.717) is 30.4 Å². The second-order valence-electron chi connectivity index (χ2n) is 5.79. The van der Waals surface area contributed by atoms with E-state index >= 15 is 0 Å². The second kappa shape index (κ2) is 6.48. The maximum atomic E-state index is 12.7. The van der Waals surface area contributed by atoms with Gasteiger partial charge in [-0.15, -0.1) is 0 Å². The average Bonchev–Trinajstić information content (AvgIpc) is 2.98. The minimum absolute atomic E-state index is 0.247. The molecule has 1 N–H and O–H groups in total. The number of aryl methyl sites for hydroxylation is 1. The molecule has 25 heavy (non-hydrogen) atoms. The Morgan fingerprint density at radius 1 is 1.24 bits per heavy atom. The zero-order valence-corrected chi connectivity index (χ0v) is 13.8. The Kier molecular flexibility index (Phi) is 4.02. The summed E-state index contributed by atoms with van der Waals surface area (Å²) in [6.07, 6.45) is 3.28. The summed E-state index contributed by atoms with van der Waals surface area (Å²) in [5.41, 5.74) is 1.91. The number of amides is 1. The van der Waals surface area contributed by atoms with Gasteiger partial charge < -0.3 is 15.0 Å². The lowest BCUT2D eigenvalue weighted by atomic mass is 10.3. The smallest absolute Gasteiger partial charge is 0.275 e. The van der Waals surface area contributed by atoms with E-state index in [4.69, 9.17) is 4.74 Å². The summed E-state index contributed by atoms with van der Waals surface area (Å²) in [6.45, 7) is 4.72. The Bertz CT molecular complexity index is 916. The highest BCUT2D eigenvalue weighted by atomic mass is 16.5. The highest BCUT2D eigenvalue weighted by Gasteiger charge is 2.18. The molecular formula is C17H18N6O2. The van der Waals surface area contributed by atoms with Gasteiger partial charge in [-0.1, -0.05) is 6.07 Å². The fraction of sp³-hybridized carbons (Fsp3) is 0.294. The van der Waals surface area contributed by atoms with Crippen LogP contribution >= 0.6 is 0 Å². The van der Waals surface area contributed by atoms with Crippen molar-refractivity contribution in [1.82, 2.24) is 19.4 Å². The maximum Gasteiger partial charge on any atom is 0.275 e. The van der Waals surface area contributed by atoms with Crippen LogP contribution in [0.1, 0.15) is 16.2 Å². The van der Waals surface area contributed by atoms with E-state index in [1.165, 1.54) is 6.33 Å². The lowest BCUT2D eigenvalue weighted by Gasteiger charge is -2.27. The average molecular weight is 338 g/mol. The number of morpholine rings is 1. The van der Waals surface area contributed by atoms with Crippen molar-refractivity contribution in [3.8, 4) is 0 Å². The highest BCUT2D eigenvalue weighted by Crippen LogP contribution is 2.17. The predicted molar refractivity (Wildman–Crippen MR) is 92.9 cm³/mol. The van der Waals surface area contributed by atoms with Crippen LogP contribution in [-0.4, -0.2) is 51.6 Å². The van der Waals surface area contributed by atoms with E-state index in [0.717, 1.165) is 24.6 Å². The SMILES string of the molecule is Cc1nc2ccccn2c1C(=O)Nc1cc(N2CCOCC2)ncn1. The van der Waals surface area contributed by atoms with Crippen molar-refractivity contribution in [1.29, 1.82) is 0 Å². The maximum absolute atomic E-state index is 12.7. The van der Waals surface area contributed by atoms with Crippen molar-refractivity contribution in [2.75, 3.05) is 36.5 Å². The number of ether oxygens (including phenoxy) is 1. The molecule has 8 nitrogen and oxygen atoms in total. The minimum Gasteiger partial charge on any atom is -0.378 e. The first kappa shape index (κ1) is 15.5. The molecule has 1 saturated heterocycles. The lowest BCUT2D eigenvalue weighted by Crippen LogP contribution is -2.36. The molecule has 0 radical (unpaired) electrons. The molecule has 0 bridgehead atoms. The van der Waals surface area contributed by atoms with Gasteiger partial charge in [-0.3, -0.25) is 9.20 Å². The molecule has 128 valence electrons. The molecule has 4 heterocycles. The van der Waals surface area contributed by atoms with E-state index in [1.807, 2.05) is 31.3 Å². The number of hydrogen-bond donors (Lipinski definition) is 1. The van der Waals surface area contributed by atoms with Crippen molar-refractivity contribution in [2.45, 2.75) is 6.92 Å². The van der Waals surface area contributed by atoms with E-state index < -0.39 is 0 Å². The third-order valence-electron chi connectivity index (χ3n) is 4.15. The van der Waals surface area contributed by atoms with Gasteiger partial charge in [0, 0.05) is 25.4 Å². The first-order valence-corrected chi connectivity index (χ1v) is 8.12. The predicted octanol–water partition coefficient (Wildman–Crippen LogP) is 1.52. The van der Waals surface area contributed by atoms with Gasteiger partial charge in [-0.05, 0) is 19.1 Å². The van der Waals surface area contributed by atoms with Gasteiger partial charge >= 0.3 is 0 Å². The van der Waals surface area contributed by atoms with E-state index in [2.05, 4.69) is 25.2 Å². The number of imidazole rings is 1. The molecule has 8 heteroatoms. The largest absolute Gasteiger partial charge is 0.378 e. The molecule has 0 saturated carbocycles. The Labute approximate surface area is 144 Å². The van der Waals surface area contributed by atoms with E-state index in [1.54, 1.807) is 10.5 Å². The Morgan fingerprint density at radius 3 is 2.92 bits per heavy atom. The molecule has 0 spiro atoms. The fourth-order valence-electron chi connectivity index (χ4n) is 2.94. The number of aromatic nitrogens is 4. The molecule has 4 rings (SSSR count). The molecule has 0 aliphatic carbocycles. The molecule has 0 unspecified atom stereocenters. The topological polar surface area (TPSA) is 84.7 Å². The van der Waals surface area contributed by atoms with Gasteiger partial charge in [0.15, 0.2) is 0 Å². The molecule has 0 atom stereocenters. The summed E-state index contributed by atoms with van der Waals surface area (Å²) < 4.78 is 7.13. The molecule has 1 aliphatic heterocycles. The van der Waals surface area contributed by atoms with Crippen LogP contribution in [-0.2, 0) is 4.74 Å². The van der Waals surface area contributed by atoms with Crippen LogP contribution in [0.25, 0.3) is 5.65 Å². The summed E-state index contributed by atoms with van der Waals surface area (Å²) in [4.78, 5) is 27.7. The first-order valence-electron chi connectivity index (χ1n) is 8.12. The molecule has 1 aliphatic rings. The monoisotopic (exact) mass is 338 g/mol. The van der Waals surface area contributed by atoms with Crippen molar-refractivity contribution >= 4 is 23.2 Å². The van der Waals surface area contributed by atoms with Gasteiger partial charge in [0.25, 0.3) is 5.91 Å². The standard InChI is InChI=1S/C17H18N6O2/c1-12-16(23-5-3-2-4-14(23)20-12)17(24)21-13-10-15(19-11-18-13)22-6-8-25-9-7-22/h2-5,10-11H,6-9H2,1H3,(H,18,19,21,24). The third-order valence-corrected chi connectivity index (χ3v) is 4.15. The van der Waals surface area contributed by atoms with Crippen LogP contribution < -0.4 is 10.2 Å². The molecule has 0 aromatic carbocycles. The second-order valence-corrected chi connectivity index (χ2v) is 5.79. The van der Waals surface area contributed by atoms with Crippen LogP contribution in [0.3, 0.4) is 0 Å². The number of rotatable bonds is 3. The molecule has 3 aromatic rings. The van der Waals surface area contributed by atoms with Crippen molar-refractivity contribution in [3.05, 3.63) is 48.2 Å². The van der Waals surface area contributed by atoms with Gasteiger partial charge in [-0.25, -0.2) is 15.0 Å². The summed E-state index contributed by atoms with van der Waals surface area (Å²) in [7, 11) is 0. The zero-order chi connectivity index (χ0) is 17.2. The van der Waals surface area contributed by atoms with Gasteiger partial charge in [0.05, 0.1) is 18.9 Å². The normalized spacial score (nSPS) is 14.7. The number of hydrogen-bond acceptors (Lipinski definition) is 6.